The summed E-state index contributed by atoms with van der Waals surface area (Å²) in [5, 5.41) is 0. The molecule has 0 saturated carbocycles. The van der Waals surface area contributed by atoms with Crippen molar-refractivity contribution in [3.63, 3.8) is 0 Å². The third-order valence-corrected chi connectivity index (χ3v) is 6.51. The van der Waals surface area contributed by atoms with Gasteiger partial charge in [0.25, 0.3) is 0 Å². The summed E-state index contributed by atoms with van der Waals surface area (Å²) in [6.45, 7) is 3.07. The summed E-state index contributed by atoms with van der Waals surface area (Å²) >= 11 is 0. The van der Waals surface area contributed by atoms with Crippen molar-refractivity contribution >= 4 is 21.8 Å². The maximum atomic E-state index is 12.2. The Bertz CT molecular complexity index is 677. The maximum Gasteiger partial charge on any atom is 0.246 e. The number of quaternary nitrogens is 1. The van der Waals surface area contributed by atoms with Gasteiger partial charge in [0.15, 0.2) is 9.84 Å². The van der Waals surface area contributed by atoms with Crippen LogP contribution in [-0.2, 0) is 14.6 Å². The van der Waals surface area contributed by atoms with Crippen LogP contribution in [0, 0.1) is 0 Å². The van der Waals surface area contributed by atoms with Crippen LogP contribution in [0.5, 0.6) is 0 Å². The van der Waals surface area contributed by atoms with Crippen molar-refractivity contribution in [1.29, 1.82) is 0 Å². The van der Waals surface area contributed by atoms with Crippen molar-refractivity contribution in [3.8, 4) is 0 Å². The average Bonchev–Trinajstić information content (AvgIpc) is 2.94. The van der Waals surface area contributed by atoms with Gasteiger partial charge in [-0.05, 0) is 11.6 Å². The molecule has 0 spiro atoms. The molecule has 2 aliphatic rings. The second kappa shape index (κ2) is 6.84. The normalized spacial score (nSPS) is 25.0. The Balaban J connectivity index is 1.51. The van der Waals surface area contributed by atoms with Gasteiger partial charge in [-0.1, -0.05) is 30.3 Å². The monoisotopic (exact) mass is 335 g/mol. The largest absolute Gasteiger partial charge is 0.329 e. The van der Waals surface area contributed by atoms with Crippen LogP contribution in [0.25, 0.3) is 6.08 Å². The molecule has 1 atom stereocenters. The maximum absolute atomic E-state index is 12.2. The summed E-state index contributed by atoms with van der Waals surface area (Å²) in [5.74, 6) is 0.667. The van der Waals surface area contributed by atoms with E-state index in [9.17, 15) is 13.2 Å². The molecule has 0 bridgehead atoms. The minimum absolute atomic E-state index is 0.0342. The second-order valence-electron chi connectivity index (χ2n) is 6.33. The topological polar surface area (TPSA) is 58.9 Å². The molecule has 124 valence electrons. The van der Waals surface area contributed by atoms with Crippen LogP contribution in [0.3, 0.4) is 0 Å². The van der Waals surface area contributed by atoms with Gasteiger partial charge in [-0.25, -0.2) is 8.42 Å². The zero-order valence-corrected chi connectivity index (χ0v) is 14.0. The number of amides is 1. The predicted molar refractivity (Wildman–Crippen MR) is 89.8 cm³/mol. The molecule has 2 heterocycles. The molecule has 0 unspecified atom stereocenters. The van der Waals surface area contributed by atoms with Gasteiger partial charge in [-0.15, -0.1) is 0 Å². The standard InChI is InChI=1S/C17H22N2O3S/c20-17(7-6-15-4-2-1-3-5-15)19-11-9-18(10-12-19)16-8-13-23(21,22)14-16/h1-7,16H,8-14H2/p+1/b7-6+/t16-/m1/s1. The first-order chi connectivity index (χ1) is 11.0. The molecule has 2 fully saturated rings. The first kappa shape index (κ1) is 16.2. The number of hydrogen-bond acceptors (Lipinski definition) is 3. The second-order valence-corrected chi connectivity index (χ2v) is 8.56. The Morgan fingerprint density at radius 3 is 2.48 bits per heavy atom. The van der Waals surface area contributed by atoms with E-state index in [0.717, 1.165) is 25.1 Å². The Labute approximate surface area is 137 Å². The Morgan fingerprint density at radius 2 is 1.87 bits per heavy atom. The van der Waals surface area contributed by atoms with E-state index in [2.05, 4.69) is 0 Å². The molecule has 3 rings (SSSR count). The van der Waals surface area contributed by atoms with Crippen LogP contribution in [0.2, 0.25) is 0 Å². The lowest BCUT2D eigenvalue weighted by atomic mass is 10.2. The van der Waals surface area contributed by atoms with Crippen LogP contribution >= 0.6 is 0 Å². The number of piperazine rings is 1. The van der Waals surface area contributed by atoms with Crippen LogP contribution in [0.15, 0.2) is 36.4 Å². The number of carbonyl (C=O) groups is 1. The van der Waals surface area contributed by atoms with E-state index in [1.54, 1.807) is 6.08 Å². The molecule has 6 heteroatoms. The third kappa shape index (κ3) is 4.20. The number of benzene rings is 1. The molecule has 2 saturated heterocycles. The molecule has 1 aromatic rings. The lowest BCUT2D eigenvalue weighted by Gasteiger charge is -2.34. The van der Waals surface area contributed by atoms with E-state index in [1.807, 2.05) is 41.3 Å². The van der Waals surface area contributed by atoms with Crippen molar-refractivity contribution in [3.05, 3.63) is 42.0 Å². The lowest BCUT2D eigenvalue weighted by Crippen LogP contribution is -3.18. The van der Waals surface area contributed by atoms with Gasteiger partial charge in [0, 0.05) is 12.5 Å². The molecule has 1 N–H and O–H groups in total. The van der Waals surface area contributed by atoms with Crippen molar-refractivity contribution in [2.24, 2.45) is 0 Å². The number of carbonyl (C=O) groups excluding carboxylic acids is 1. The van der Waals surface area contributed by atoms with Gasteiger partial charge in [0.1, 0.15) is 11.8 Å². The molecule has 0 aromatic heterocycles. The highest BCUT2D eigenvalue weighted by atomic mass is 32.2. The quantitative estimate of drug-likeness (QED) is 0.766. The summed E-state index contributed by atoms with van der Waals surface area (Å²) in [7, 11) is -2.83. The van der Waals surface area contributed by atoms with E-state index < -0.39 is 9.84 Å². The van der Waals surface area contributed by atoms with Crippen molar-refractivity contribution in [2.75, 3.05) is 37.7 Å². The van der Waals surface area contributed by atoms with Crippen molar-refractivity contribution in [1.82, 2.24) is 4.90 Å². The summed E-state index contributed by atoms with van der Waals surface area (Å²) in [4.78, 5) is 15.4. The van der Waals surface area contributed by atoms with E-state index in [4.69, 9.17) is 0 Å². The van der Waals surface area contributed by atoms with Gasteiger partial charge in [-0.2, -0.15) is 0 Å². The third-order valence-electron chi connectivity index (χ3n) is 4.75. The molecule has 5 nitrogen and oxygen atoms in total. The van der Waals surface area contributed by atoms with E-state index in [1.165, 1.54) is 4.90 Å². The first-order valence-electron chi connectivity index (χ1n) is 8.10. The fraction of sp³-hybridized carbons (Fsp3) is 0.471. The molecule has 2 aliphatic heterocycles. The molecular formula is C17H23N2O3S+. The summed E-state index contributed by atoms with van der Waals surface area (Å²) in [6, 6.07) is 9.99. The SMILES string of the molecule is O=C(/C=C/c1ccccc1)N1CC[NH+]([C@@H]2CCS(=O)(=O)C2)CC1. The number of rotatable bonds is 3. The average molecular weight is 335 g/mol. The highest BCUT2D eigenvalue weighted by Crippen LogP contribution is 2.09. The summed E-state index contributed by atoms with van der Waals surface area (Å²) in [6.07, 6.45) is 4.23. The number of nitrogens with one attached hydrogen (secondary N) is 1. The number of hydrogen-bond donors (Lipinski definition) is 1. The highest BCUT2D eigenvalue weighted by Gasteiger charge is 2.37. The molecule has 0 aliphatic carbocycles. The Hall–Kier alpha value is -1.66. The number of sulfone groups is 1. The summed E-state index contributed by atoms with van der Waals surface area (Å²) in [5.41, 5.74) is 1.02. The minimum atomic E-state index is -2.83. The van der Waals surface area contributed by atoms with Gasteiger partial charge < -0.3 is 9.80 Å². The Morgan fingerprint density at radius 1 is 1.17 bits per heavy atom. The molecule has 1 amide bonds. The van der Waals surface area contributed by atoms with Gasteiger partial charge >= 0.3 is 0 Å². The van der Waals surface area contributed by atoms with E-state index in [-0.39, 0.29) is 11.9 Å². The fourth-order valence-electron chi connectivity index (χ4n) is 3.38. The summed E-state index contributed by atoms with van der Waals surface area (Å²) < 4.78 is 23.2. The zero-order chi connectivity index (χ0) is 16.3. The first-order valence-corrected chi connectivity index (χ1v) is 9.93. The smallest absolute Gasteiger partial charge is 0.246 e. The van der Waals surface area contributed by atoms with Gasteiger partial charge in [-0.3, -0.25) is 4.79 Å². The fourth-order valence-corrected chi connectivity index (χ4v) is 5.20. The molecule has 1 aromatic carbocycles. The predicted octanol–water partition coefficient (Wildman–Crippen LogP) is -0.386. The van der Waals surface area contributed by atoms with Crippen LogP contribution in [0.1, 0.15) is 12.0 Å². The van der Waals surface area contributed by atoms with E-state index >= 15 is 0 Å². The zero-order valence-electron chi connectivity index (χ0n) is 13.1. The molecular weight excluding hydrogens is 312 g/mol. The molecule has 23 heavy (non-hydrogen) atoms. The van der Waals surface area contributed by atoms with E-state index in [0.29, 0.717) is 24.6 Å². The Kier molecular flexibility index (Phi) is 4.82. The van der Waals surface area contributed by atoms with Crippen LogP contribution in [-0.4, -0.2) is 63.0 Å². The van der Waals surface area contributed by atoms with Crippen LogP contribution < -0.4 is 4.90 Å². The lowest BCUT2D eigenvalue weighted by molar-refractivity contribution is -0.925. The van der Waals surface area contributed by atoms with Gasteiger partial charge in [0.05, 0.1) is 31.9 Å². The van der Waals surface area contributed by atoms with Crippen LogP contribution in [0.4, 0.5) is 0 Å². The molecule has 0 radical (unpaired) electrons. The van der Waals surface area contributed by atoms with Gasteiger partial charge in [0.2, 0.25) is 5.91 Å². The van der Waals surface area contributed by atoms with Crippen molar-refractivity contribution in [2.45, 2.75) is 12.5 Å². The van der Waals surface area contributed by atoms with Crippen molar-refractivity contribution < 1.29 is 18.1 Å². The number of nitrogens with zero attached hydrogens (tertiary/aromatic N) is 1. The highest BCUT2D eigenvalue weighted by molar-refractivity contribution is 7.91. The minimum Gasteiger partial charge on any atom is -0.329 e.